The summed E-state index contributed by atoms with van der Waals surface area (Å²) in [6.07, 6.45) is 51.4. The fraction of sp³-hybridized carbons (Fsp3) is 0.945. The number of piperidine rings is 1. The van der Waals surface area contributed by atoms with Crippen molar-refractivity contribution in [3.63, 3.8) is 0 Å². The Morgan fingerprint density at radius 1 is 0.644 bits per heavy atom. The number of likely N-dealkylation sites (tertiary alicyclic amines) is 1. The van der Waals surface area contributed by atoms with E-state index in [0.29, 0.717) is 18.6 Å². The van der Waals surface area contributed by atoms with Gasteiger partial charge in [0, 0.05) is 6.61 Å². The van der Waals surface area contributed by atoms with Crippen molar-refractivity contribution in [2.24, 2.45) is 23.2 Å². The van der Waals surface area contributed by atoms with E-state index in [-0.39, 0.29) is 11.9 Å². The number of nitrogens with zero attached hydrogens (tertiary/aromatic N) is 1. The van der Waals surface area contributed by atoms with Gasteiger partial charge in [-0.3, -0.25) is 4.79 Å². The lowest BCUT2D eigenvalue weighted by Gasteiger charge is -2.42. The molecule has 3 aliphatic rings. The molecule has 0 aromatic rings. The van der Waals surface area contributed by atoms with Crippen molar-refractivity contribution in [2.75, 3.05) is 32.8 Å². The van der Waals surface area contributed by atoms with E-state index < -0.39 is 0 Å². The predicted octanol–water partition coefficient (Wildman–Crippen LogP) is 17.2. The molecule has 0 amide bonds. The van der Waals surface area contributed by atoms with Crippen LogP contribution in [0.15, 0.2) is 11.6 Å². The van der Waals surface area contributed by atoms with Crippen LogP contribution in [0, 0.1) is 23.2 Å². The number of carbonyl (C=O) groups is 1. The molecule has 0 aromatic heterocycles. The quantitative estimate of drug-likeness (QED) is 0.0383. The van der Waals surface area contributed by atoms with Gasteiger partial charge in [0.2, 0.25) is 0 Å². The van der Waals surface area contributed by atoms with Crippen LogP contribution in [0.1, 0.15) is 279 Å². The zero-order valence-corrected chi connectivity index (χ0v) is 41.2. The zero-order valence-electron chi connectivity index (χ0n) is 41.2. The van der Waals surface area contributed by atoms with Gasteiger partial charge >= 0.3 is 5.97 Å². The molecule has 1 saturated heterocycles. The highest BCUT2D eigenvalue weighted by Crippen LogP contribution is 2.43. The third-order valence-corrected chi connectivity index (χ3v) is 13.9. The second-order valence-electron chi connectivity index (χ2n) is 19.5. The van der Waals surface area contributed by atoms with Crippen molar-refractivity contribution >= 4 is 5.97 Å². The van der Waals surface area contributed by atoms with Crippen molar-refractivity contribution in [1.29, 1.82) is 0 Å². The molecule has 1 aliphatic heterocycles. The monoisotopic (exact) mass is 830 g/mol. The van der Waals surface area contributed by atoms with Crippen molar-refractivity contribution in [3.05, 3.63) is 11.6 Å². The molecule has 2 aliphatic carbocycles. The van der Waals surface area contributed by atoms with E-state index in [4.69, 9.17) is 9.84 Å². The number of hydrogen-bond donors (Lipinski definition) is 1. The number of aliphatic hydroxyl groups is 1. The predicted molar refractivity (Wildman–Crippen MR) is 260 cm³/mol. The van der Waals surface area contributed by atoms with Gasteiger partial charge in [-0.15, -0.1) is 0 Å². The fourth-order valence-corrected chi connectivity index (χ4v) is 9.51. The number of hydrogen-bond acceptors (Lipinski definition) is 4. The molecule has 1 N–H and O–H groups in total. The summed E-state index contributed by atoms with van der Waals surface area (Å²) in [6.45, 7) is 17.6. The number of unbranched alkanes of at least 4 members (excludes halogenated alkanes) is 17. The van der Waals surface area contributed by atoms with Crippen LogP contribution in [0.25, 0.3) is 0 Å². The molecule has 4 nitrogen and oxygen atoms in total. The molecule has 3 rings (SSSR count). The lowest BCUT2D eigenvalue weighted by molar-refractivity contribution is -0.149. The summed E-state index contributed by atoms with van der Waals surface area (Å²) >= 11 is 0. The minimum Gasteiger partial charge on any atom is -0.465 e. The van der Waals surface area contributed by atoms with Crippen LogP contribution in [0.4, 0.5) is 0 Å². The fourth-order valence-electron chi connectivity index (χ4n) is 9.51. The van der Waals surface area contributed by atoms with E-state index in [1.165, 1.54) is 219 Å². The first-order valence-corrected chi connectivity index (χ1v) is 27.2. The third kappa shape index (κ3) is 32.5. The second-order valence-corrected chi connectivity index (χ2v) is 19.5. The third-order valence-electron chi connectivity index (χ3n) is 13.9. The molecule has 350 valence electrons. The van der Waals surface area contributed by atoms with E-state index in [1.807, 2.05) is 13.8 Å². The zero-order chi connectivity index (χ0) is 43.1. The molecule has 0 spiro atoms. The number of aliphatic hydroxyl groups excluding tert-OH is 1. The Bertz CT molecular complexity index is 929. The number of ether oxygens (including phenoxy) is 1. The Morgan fingerprint density at radius 2 is 1.12 bits per heavy atom. The highest BCUT2D eigenvalue weighted by atomic mass is 16.5. The Morgan fingerprint density at radius 3 is 1.61 bits per heavy atom. The lowest BCUT2D eigenvalue weighted by atomic mass is 9.71. The molecule has 0 radical (unpaired) electrons. The van der Waals surface area contributed by atoms with Crippen LogP contribution in [0.2, 0.25) is 0 Å². The van der Waals surface area contributed by atoms with Crippen molar-refractivity contribution < 1.29 is 14.6 Å². The minimum absolute atomic E-state index is 0.0940. The average Bonchev–Trinajstić information content (AvgIpc) is 4.21. The molecular formula is C55H107NO3. The number of rotatable bonds is 38. The van der Waals surface area contributed by atoms with Crippen LogP contribution >= 0.6 is 0 Å². The summed E-state index contributed by atoms with van der Waals surface area (Å²) in [7, 11) is 0. The Hall–Kier alpha value is -0.870. The van der Waals surface area contributed by atoms with Crippen LogP contribution in [-0.2, 0) is 9.53 Å². The number of esters is 1. The van der Waals surface area contributed by atoms with E-state index in [0.717, 1.165) is 50.5 Å². The first-order chi connectivity index (χ1) is 29.0. The molecule has 3 fully saturated rings. The van der Waals surface area contributed by atoms with Crippen molar-refractivity contribution in [2.45, 2.75) is 279 Å². The van der Waals surface area contributed by atoms with Crippen LogP contribution in [0.3, 0.4) is 0 Å². The Labute approximate surface area is 371 Å². The normalized spacial score (nSPS) is 17.0. The maximum atomic E-state index is 13.1. The van der Waals surface area contributed by atoms with Gasteiger partial charge in [-0.05, 0) is 120 Å². The molecule has 59 heavy (non-hydrogen) atoms. The molecular weight excluding hydrogens is 723 g/mol. The average molecular weight is 830 g/mol. The second kappa shape index (κ2) is 39.9. The van der Waals surface area contributed by atoms with Gasteiger partial charge in [0.15, 0.2) is 0 Å². The highest BCUT2D eigenvalue weighted by molar-refractivity contribution is 5.72. The minimum atomic E-state index is 0.0940. The van der Waals surface area contributed by atoms with Gasteiger partial charge in [0.25, 0.3) is 0 Å². The summed E-state index contributed by atoms with van der Waals surface area (Å²) in [5, 5.41) is 9.11. The summed E-state index contributed by atoms with van der Waals surface area (Å²) in [5.74, 6) is 2.15. The van der Waals surface area contributed by atoms with Crippen LogP contribution < -0.4 is 0 Å². The topological polar surface area (TPSA) is 49.8 Å². The maximum Gasteiger partial charge on any atom is 0.308 e. The molecule has 2 saturated carbocycles. The smallest absolute Gasteiger partial charge is 0.308 e. The lowest BCUT2D eigenvalue weighted by Crippen LogP contribution is -2.40. The number of allylic oxidation sites excluding steroid dienone is 2. The summed E-state index contributed by atoms with van der Waals surface area (Å²) in [4.78, 5) is 15.7. The Balaban J connectivity index is 0.000000693. The Kier molecular flexibility index (Phi) is 38.0. The van der Waals surface area contributed by atoms with E-state index in [2.05, 4.69) is 38.7 Å². The number of carbonyl (C=O) groups excluding carboxylic acids is 1. The first-order valence-electron chi connectivity index (χ1n) is 27.2. The largest absolute Gasteiger partial charge is 0.465 e. The summed E-state index contributed by atoms with van der Waals surface area (Å²) in [5.41, 5.74) is 2.21. The molecule has 2 atom stereocenters. The summed E-state index contributed by atoms with van der Waals surface area (Å²) in [6, 6.07) is 0. The van der Waals surface area contributed by atoms with Gasteiger partial charge in [-0.1, -0.05) is 207 Å². The molecule has 4 heteroatoms. The molecule has 0 aromatic carbocycles. The van der Waals surface area contributed by atoms with Gasteiger partial charge in [0.1, 0.15) is 0 Å². The molecule has 1 heterocycles. The van der Waals surface area contributed by atoms with Gasteiger partial charge in [-0.2, -0.15) is 0 Å². The van der Waals surface area contributed by atoms with Crippen molar-refractivity contribution in [1.82, 2.24) is 4.90 Å². The van der Waals surface area contributed by atoms with Crippen LogP contribution in [0.5, 0.6) is 0 Å². The SMILES string of the molecule is CC.CCCCCCCCC(C=C1CC1)CCCCCC.CCCCCCCCC(CCCCCC)C(=O)OCCCC1(CCCC2CC2)CCN(CCCCO)CC1. The van der Waals surface area contributed by atoms with Crippen molar-refractivity contribution in [3.8, 4) is 0 Å². The highest BCUT2D eigenvalue weighted by Gasteiger charge is 2.34. The maximum absolute atomic E-state index is 13.1. The first kappa shape index (κ1) is 56.1. The molecule has 0 bridgehead atoms. The van der Waals surface area contributed by atoms with E-state index in [1.54, 1.807) is 5.57 Å². The summed E-state index contributed by atoms with van der Waals surface area (Å²) < 4.78 is 5.96. The standard InChI is InChI=1S/C34H65NO3.C19H36.C2H6/c1-3-5-7-9-10-12-19-32(18-11-8-6-4-2)33(37)38-30-16-23-34(22-15-17-31-20-21-31)24-27-35(28-25-34)26-13-14-29-36;1-3-5-7-9-10-12-14-18(17-19-15-16-19)13-11-8-6-4-2;1-2/h31-32,36H,3-30H2,1-2H3;17-18H,3-16H2,1-2H3;1-2H3. The van der Waals surface area contributed by atoms with E-state index in [9.17, 15) is 4.79 Å². The van der Waals surface area contributed by atoms with Gasteiger partial charge in [-0.25, -0.2) is 0 Å². The van der Waals surface area contributed by atoms with Crippen LogP contribution in [-0.4, -0.2) is 48.8 Å². The van der Waals surface area contributed by atoms with Gasteiger partial charge < -0.3 is 14.7 Å². The molecule has 2 unspecified atom stereocenters. The van der Waals surface area contributed by atoms with Gasteiger partial charge in [0.05, 0.1) is 12.5 Å². The van der Waals surface area contributed by atoms with E-state index >= 15 is 0 Å².